The summed E-state index contributed by atoms with van der Waals surface area (Å²) in [5, 5.41) is 3.14. The maximum absolute atomic E-state index is 12.2. The number of nitrogens with zero attached hydrogens (tertiary/aromatic N) is 1. The van der Waals surface area contributed by atoms with Crippen molar-refractivity contribution in [2.45, 2.75) is 50.5 Å². The van der Waals surface area contributed by atoms with Gasteiger partial charge in [-0.3, -0.25) is 4.79 Å². The Kier molecular flexibility index (Phi) is 7.86. The van der Waals surface area contributed by atoms with Crippen LogP contribution in [-0.4, -0.2) is 37.0 Å². The summed E-state index contributed by atoms with van der Waals surface area (Å²) in [5.41, 5.74) is 7.88. The summed E-state index contributed by atoms with van der Waals surface area (Å²) in [4.78, 5) is 14.5. The van der Waals surface area contributed by atoms with Gasteiger partial charge < -0.3 is 16.0 Å². The number of halogens is 1. The zero-order chi connectivity index (χ0) is 16.0. The van der Waals surface area contributed by atoms with Crippen LogP contribution in [0.3, 0.4) is 0 Å². The average Bonchev–Trinajstić information content (AvgIpc) is 2.53. The molecule has 5 heteroatoms. The van der Waals surface area contributed by atoms with Crippen LogP contribution in [0.2, 0.25) is 0 Å². The number of nitrogens with two attached hydrogens (primary N) is 1. The minimum absolute atomic E-state index is 0. The zero-order valence-corrected chi connectivity index (χ0v) is 15.1. The highest BCUT2D eigenvalue weighted by atomic mass is 35.5. The quantitative estimate of drug-likeness (QED) is 0.783. The number of aryl methyl sites for hydroxylation is 1. The van der Waals surface area contributed by atoms with Crippen LogP contribution in [0.5, 0.6) is 0 Å². The summed E-state index contributed by atoms with van der Waals surface area (Å²) < 4.78 is 0. The lowest BCUT2D eigenvalue weighted by molar-refractivity contribution is -0.121. The van der Waals surface area contributed by atoms with E-state index in [1.807, 2.05) is 24.3 Å². The Labute approximate surface area is 146 Å². The molecular weight excluding hydrogens is 310 g/mol. The number of anilines is 1. The second kappa shape index (κ2) is 9.14. The van der Waals surface area contributed by atoms with Crippen LogP contribution < -0.4 is 11.1 Å². The molecule has 23 heavy (non-hydrogen) atoms. The number of nitrogens with one attached hydrogen (secondary N) is 1. The summed E-state index contributed by atoms with van der Waals surface area (Å²) in [5.74, 6) is 0.120. The molecule has 0 aromatic heterocycles. The maximum atomic E-state index is 12.2. The van der Waals surface area contributed by atoms with Crippen molar-refractivity contribution < 1.29 is 4.79 Å². The largest absolute Gasteiger partial charge is 0.399 e. The van der Waals surface area contributed by atoms with Gasteiger partial charge in [-0.1, -0.05) is 37.5 Å². The zero-order valence-electron chi connectivity index (χ0n) is 14.3. The van der Waals surface area contributed by atoms with Crippen molar-refractivity contribution in [2.75, 3.05) is 26.4 Å². The number of para-hydroxylation sites is 1. The van der Waals surface area contributed by atoms with Gasteiger partial charge in [0.1, 0.15) is 0 Å². The summed E-state index contributed by atoms with van der Waals surface area (Å²) in [7, 11) is 4.25. The monoisotopic (exact) mass is 339 g/mol. The van der Waals surface area contributed by atoms with E-state index in [-0.39, 0.29) is 23.9 Å². The Morgan fingerprint density at radius 3 is 2.48 bits per heavy atom. The molecule has 4 nitrogen and oxygen atoms in total. The number of benzene rings is 1. The van der Waals surface area contributed by atoms with Gasteiger partial charge in [-0.2, -0.15) is 0 Å². The molecule has 1 aromatic rings. The van der Waals surface area contributed by atoms with Gasteiger partial charge in [-0.15, -0.1) is 12.4 Å². The third kappa shape index (κ3) is 5.40. The van der Waals surface area contributed by atoms with Crippen molar-refractivity contribution in [2.24, 2.45) is 0 Å². The van der Waals surface area contributed by atoms with Crippen LogP contribution in [0, 0.1) is 0 Å². The van der Waals surface area contributed by atoms with Gasteiger partial charge in [-0.05, 0) is 45.0 Å². The molecule has 0 saturated heterocycles. The fourth-order valence-corrected chi connectivity index (χ4v) is 3.35. The Morgan fingerprint density at radius 2 is 1.87 bits per heavy atom. The second-order valence-corrected chi connectivity index (χ2v) is 6.65. The van der Waals surface area contributed by atoms with Crippen molar-refractivity contribution in [3.05, 3.63) is 29.8 Å². The van der Waals surface area contributed by atoms with Crippen molar-refractivity contribution in [1.82, 2.24) is 10.2 Å². The number of rotatable bonds is 6. The minimum atomic E-state index is 0. The molecule has 1 aliphatic rings. The highest BCUT2D eigenvalue weighted by molar-refractivity contribution is 5.85. The number of hydrogen-bond donors (Lipinski definition) is 2. The lowest BCUT2D eigenvalue weighted by Gasteiger charge is -2.43. The number of likely N-dealkylation sites (N-methyl/N-ethyl adjacent to an activating group) is 1. The molecular formula is C18H30ClN3O. The van der Waals surface area contributed by atoms with Crippen LogP contribution >= 0.6 is 12.4 Å². The van der Waals surface area contributed by atoms with Crippen LogP contribution in [-0.2, 0) is 11.2 Å². The SMILES string of the molecule is CN(C)C1(CNC(=O)CCc2ccccc2N)CCCCC1.Cl. The summed E-state index contributed by atoms with van der Waals surface area (Å²) in [6.45, 7) is 0.753. The van der Waals surface area contributed by atoms with Gasteiger partial charge in [-0.25, -0.2) is 0 Å². The molecule has 1 aliphatic carbocycles. The maximum Gasteiger partial charge on any atom is 0.220 e. The van der Waals surface area contributed by atoms with Crippen molar-refractivity contribution in [3.63, 3.8) is 0 Å². The molecule has 1 fully saturated rings. The topological polar surface area (TPSA) is 58.4 Å². The predicted molar refractivity (Wildman–Crippen MR) is 98.9 cm³/mol. The minimum Gasteiger partial charge on any atom is -0.399 e. The van der Waals surface area contributed by atoms with E-state index in [0.717, 1.165) is 17.8 Å². The first-order valence-electron chi connectivity index (χ1n) is 8.31. The van der Waals surface area contributed by atoms with E-state index in [4.69, 9.17) is 5.73 Å². The molecule has 0 atom stereocenters. The molecule has 0 spiro atoms. The third-order valence-corrected chi connectivity index (χ3v) is 5.02. The van der Waals surface area contributed by atoms with Gasteiger partial charge >= 0.3 is 0 Å². The molecule has 1 aromatic carbocycles. The van der Waals surface area contributed by atoms with E-state index in [2.05, 4.69) is 24.3 Å². The highest BCUT2D eigenvalue weighted by Gasteiger charge is 2.34. The summed E-state index contributed by atoms with van der Waals surface area (Å²) >= 11 is 0. The fourth-order valence-electron chi connectivity index (χ4n) is 3.35. The van der Waals surface area contributed by atoms with E-state index in [0.29, 0.717) is 12.8 Å². The van der Waals surface area contributed by atoms with E-state index < -0.39 is 0 Å². The summed E-state index contributed by atoms with van der Waals surface area (Å²) in [6, 6.07) is 7.76. The van der Waals surface area contributed by atoms with Gasteiger partial charge in [0.05, 0.1) is 0 Å². The van der Waals surface area contributed by atoms with Crippen molar-refractivity contribution >= 4 is 24.0 Å². The van der Waals surface area contributed by atoms with Gasteiger partial charge in [0, 0.05) is 24.2 Å². The van der Waals surface area contributed by atoms with Crippen molar-refractivity contribution in [3.8, 4) is 0 Å². The van der Waals surface area contributed by atoms with Gasteiger partial charge in [0.2, 0.25) is 5.91 Å². The number of carbonyl (C=O) groups is 1. The molecule has 2 rings (SSSR count). The first kappa shape index (κ1) is 19.8. The number of amides is 1. The van der Waals surface area contributed by atoms with E-state index in [1.165, 1.54) is 32.1 Å². The van der Waals surface area contributed by atoms with E-state index in [1.54, 1.807) is 0 Å². The molecule has 130 valence electrons. The number of carbonyl (C=O) groups excluding carboxylic acids is 1. The van der Waals surface area contributed by atoms with Crippen molar-refractivity contribution in [1.29, 1.82) is 0 Å². The van der Waals surface area contributed by atoms with Crippen LogP contribution in [0.15, 0.2) is 24.3 Å². The Bertz CT molecular complexity index is 499. The van der Waals surface area contributed by atoms with Crippen LogP contribution in [0.4, 0.5) is 5.69 Å². The molecule has 0 heterocycles. The molecule has 0 radical (unpaired) electrons. The second-order valence-electron chi connectivity index (χ2n) is 6.65. The Hall–Kier alpha value is -1.26. The standard InChI is InChI=1S/C18H29N3O.ClH/c1-21(2)18(12-6-3-7-13-18)14-20-17(22)11-10-15-8-4-5-9-16(15)19;/h4-5,8-9H,3,6-7,10-14,19H2,1-2H3,(H,20,22);1H. The first-order chi connectivity index (χ1) is 10.5. The van der Waals surface area contributed by atoms with Gasteiger partial charge in [0.15, 0.2) is 0 Å². The molecule has 1 saturated carbocycles. The van der Waals surface area contributed by atoms with Crippen LogP contribution in [0.1, 0.15) is 44.1 Å². The summed E-state index contributed by atoms with van der Waals surface area (Å²) in [6.07, 6.45) is 7.38. The third-order valence-electron chi connectivity index (χ3n) is 5.02. The number of nitrogen functional groups attached to an aromatic ring is 1. The van der Waals surface area contributed by atoms with E-state index >= 15 is 0 Å². The number of hydrogen-bond acceptors (Lipinski definition) is 3. The first-order valence-corrected chi connectivity index (χ1v) is 8.31. The molecule has 0 aliphatic heterocycles. The molecule has 1 amide bonds. The lowest BCUT2D eigenvalue weighted by Crippen LogP contribution is -2.53. The molecule has 0 unspecified atom stereocenters. The average molecular weight is 340 g/mol. The van der Waals surface area contributed by atoms with E-state index in [9.17, 15) is 4.79 Å². The molecule has 0 bridgehead atoms. The Morgan fingerprint density at radius 1 is 1.22 bits per heavy atom. The molecule has 3 N–H and O–H groups in total. The van der Waals surface area contributed by atoms with Gasteiger partial charge in [0.25, 0.3) is 0 Å². The fraction of sp³-hybridized carbons (Fsp3) is 0.611. The normalized spacial score (nSPS) is 16.7. The Balaban J connectivity index is 0.00000264. The van der Waals surface area contributed by atoms with Crippen LogP contribution in [0.25, 0.3) is 0 Å². The smallest absolute Gasteiger partial charge is 0.220 e. The predicted octanol–water partition coefficient (Wildman–Crippen LogP) is 3.00. The lowest BCUT2D eigenvalue weighted by atomic mass is 9.80. The highest BCUT2D eigenvalue weighted by Crippen LogP contribution is 2.31.